The molecule has 0 aromatic rings. The van der Waals surface area contributed by atoms with Crippen LogP contribution in [0, 0.1) is 35.0 Å². The number of esters is 1. The van der Waals surface area contributed by atoms with Crippen molar-refractivity contribution in [3.8, 4) is 6.07 Å². The first-order valence-electron chi connectivity index (χ1n) is 8.20. The van der Waals surface area contributed by atoms with Crippen LogP contribution in [0.15, 0.2) is 0 Å². The maximum Gasteiger partial charge on any atom is 0.308 e. The fraction of sp³-hybridized carbons (Fsp3) is 0.882. The van der Waals surface area contributed by atoms with Crippen molar-refractivity contribution >= 4 is 5.97 Å². The number of nitriles is 1. The molecule has 0 aliphatic heterocycles. The molecule has 0 bridgehead atoms. The number of carbonyl (C=O) groups is 1. The van der Waals surface area contributed by atoms with E-state index in [-0.39, 0.29) is 18.0 Å². The molecule has 2 rings (SSSR count). The summed E-state index contributed by atoms with van der Waals surface area (Å²) in [5, 5.41) is 8.95. The molecule has 0 spiro atoms. The Balaban J connectivity index is 1.72. The van der Waals surface area contributed by atoms with Gasteiger partial charge in [-0.3, -0.25) is 4.79 Å². The molecule has 0 N–H and O–H groups in total. The second-order valence-electron chi connectivity index (χ2n) is 6.87. The Labute approximate surface area is 122 Å². The van der Waals surface area contributed by atoms with Crippen LogP contribution < -0.4 is 0 Å². The monoisotopic (exact) mass is 277 g/mol. The van der Waals surface area contributed by atoms with Gasteiger partial charge in [-0.25, -0.2) is 0 Å². The van der Waals surface area contributed by atoms with Crippen LogP contribution in [0.3, 0.4) is 0 Å². The molecule has 2 fully saturated rings. The first-order chi connectivity index (χ1) is 9.60. The summed E-state index contributed by atoms with van der Waals surface area (Å²) in [6.07, 6.45) is 9.21. The Morgan fingerprint density at radius 2 is 1.50 bits per heavy atom. The molecule has 20 heavy (non-hydrogen) atoms. The molecule has 0 saturated heterocycles. The fourth-order valence-corrected chi connectivity index (χ4v) is 3.70. The number of ether oxygens (including phenoxy) is 1. The van der Waals surface area contributed by atoms with Gasteiger partial charge in [0.15, 0.2) is 0 Å². The first-order valence-corrected chi connectivity index (χ1v) is 8.20. The van der Waals surface area contributed by atoms with Crippen molar-refractivity contribution in [3.05, 3.63) is 0 Å². The van der Waals surface area contributed by atoms with Gasteiger partial charge in [-0.05, 0) is 63.2 Å². The Kier molecular flexibility index (Phi) is 5.46. The Morgan fingerprint density at radius 1 is 1.00 bits per heavy atom. The highest BCUT2D eigenvalue weighted by atomic mass is 16.5. The highest BCUT2D eigenvalue weighted by Crippen LogP contribution is 2.40. The molecular formula is C17H27NO2. The van der Waals surface area contributed by atoms with E-state index in [9.17, 15) is 4.79 Å². The molecular weight excluding hydrogens is 250 g/mol. The lowest BCUT2D eigenvalue weighted by molar-refractivity contribution is -0.155. The predicted molar refractivity (Wildman–Crippen MR) is 77.7 cm³/mol. The van der Waals surface area contributed by atoms with Crippen molar-refractivity contribution in [3.63, 3.8) is 0 Å². The van der Waals surface area contributed by atoms with Crippen molar-refractivity contribution in [2.75, 3.05) is 0 Å². The number of carbonyl (C=O) groups excluding carboxylic acids is 1. The van der Waals surface area contributed by atoms with Gasteiger partial charge in [0.2, 0.25) is 0 Å². The summed E-state index contributed by atoms with van der Waals surface area (Å²) in [6, 6.07) is 2.41. The van der Waals surface area contributed by atoms with Crippen molar-refractivity contribution in [1.82, 2.24) is 0 Å². The molecule has 2 aliphatic rings. The van der Waals surface area contributed by atoms with Crippen LogP contribution in [0.2, 0.25) is 0 Å². The van der Waals surface area contributed by atoms with Crippen LogP contribution in [0.4, 0.5) is 0 Å². The zero-order valence-corrected chi connectivity index (χ0v) is 12.8. The lowest BCUT2D eigenvalue weighted by Crippen LogP contribution is -2.30. The first kappa shape index (κ1) is 15.4. The van der Waals surface area contributed by atoms with Crippen molar-refractivity contribution in [1.29, 1.82) is 5.26 Å². The van der Waals surface area contributed by atoms with E-state index in [0.29, 0.717) is 5.92 Å². The summed E-state index contributed by atoms with van der Waals surface area (Å²) in [4.78, 5) is 11.6. The molecule has 0 atom stereocenters. The standard InChI is InChI=1S/C17H27NO2/c1-12(2)17(19)20-16-9-7-15(8-10-16)14-5-3-13(11-18)4-6-14/h12-16H,3-10H2,1-2H3/t13-,14-,15-,16-. The van der Waals surface area contributed by atoms with Gasteiger partial charge < -0.3 is 4.74 Å². The molecule has 2 saturated carbocycles. The van der Waals surface area contributed by atoms with Crippen molar-refractivity contribution in [2.24, 2.45) is 23.7 Å². The Morgan fingerprint density at radius 3 is 1.95 bits per heavy atom. The van der Waals surface area contributed by atoms with Crippen LogP contribution in [-0.4, -0.2) is 12.1 Å². The molecule has 0 heterocycles. The van der Waals surface area contributed by atoms with E-state index in [1.54, 1.807) is 0 Å². The third kappa shape index (κ3) is 3.98. The SMILES string of the molecule is CC(C)C(=O)O[C@H]1CC[C@H]([C@H]2CC[C@H](C#N)CC2)CC1. The van der Waals surface area contributed by atoms with Crippen LogP contribution in [0.25, 0.3) is 0 Å². The van der Waals surface area contributed by atoms with Gasteiger partial charge in [0.1, 0.15) is 6.10 Å². The molecule has 112 valence electrons. The van der Waals surface area contributed by atoms with Gasteiger partial charge in [-0.2, -0.15) is 5.26 Å². The van der Waals surface area contributed by atoms with E-state index < -0.39 is 0 Å². The lowest BCUT2D eigenvalue weighted by Gasteiger charge is -2.36. The maximum absolute atomic E-state index is 11.6. The molecule has 3 nitrogen and oxygen atoms in total. The highest BCUT2D eigenvalue weighted by Gasteiger charge is 2.32. The van der Waals surface area contributed by atoms with Gasteiger partial charge in [0.05, 0.1) is 12.0 Å². The van der Waals surface area contributed by atoms with E-state index in [1.807, 2.05) is 13.8 Å². The molecule has 0 aromatic heterocycles. The van der Waals surface area contributed by atoms with Crippen LogP contribution in [-0.2, 0) is 9.53 Å². The largest absolute Gasteiger partial charge is 0.462 e. The summed E-state index contributed by atoms with van der Waals surface area (Å²) in [6.45, 7) is 3.78. The predicted octanol–water partition coefficient (Wildman–Crippen LogP) is 4.07. The van der Waals surface area contributed by atoms with E-state index in [4.69, 9.17) is 10.00 Å². The average molecular weight is 277 g/mol. The maximum atomic E-state index is 11.6. The van der Waals surface area contributed by atoms with Crippen molar-refractivity contribution < 1.29 is 9.53 Å². The molecule has 0 radical (unpaired) electrons. The summed E-state index contributed by atoms with van der Waals surface area (Å²) in [5.74, 6) is 1.83. The Hall–Kier alpha value is -1.04. The molecule has 0 unspecified atom stereocenters. The molecule has 0 aromatic carbocycles. The quantitative estimate of drug-likeness (QED) is 0.730. The van der Waals surface area contributed by atoms with Gasteiger partial charge >= 0.3 is 5.97 Å². The minimum absolute atomic E-state index is 0.0195. The zero-order chi connectivity index (χ0) is 14.5. The van der Waals surface area contributed by atoms with E-state index in [2.05, 4.69) is 6.07 Å². The lowest BCUT2D eigenvalue weighted by atomic mass is 9.71. The summed E-state index contributed by atoms with van der Waals surface area (Å²) >= 11 is 0. The molecule has 2 aliphatic carbocycles. The highest BCUT2D eigenvalue weighted by molar-refractivity contribution is 5.71. The number of rotatable bonds is 3. The van der Waals surface area contributed by atoms with E-state index >= 15 is 0 Å². The van der Waals surface area contributed by atoms with Crippen LogP contribution in [0.1, 0.15) is 65.2 Å². The number of nitrogens with zero attached hydrogens (tertiary/aromatic N) is 1. The summed E-state index contributed by atoms with van der Waals surface area (Å²) in [7, 11) is 0. The summed E-state index contributed by atoms with van der Waals surface area (Å²) in [5.41, 5.74) is 0. The minimum atomic E-state index is -0.0528. The number of hydrogen-bond donors (Lipinski definition) is 0. The van der Waals surface area contributed by atoms with E-state index in [0.717, 1.165) is 37.5 Å². The molecule has 3 heteroatoms. The second-order valence-corrected chi connectivity index (χ2v) is 6.87. The normalized spacial score (nSPS) is 34.5. The van der Waals surface area contributed by atoms with E-state index in [1.165, 1.54) is 25.7 Å². The van der Waals surface area contributed by atoms with Gasteiger partial charge in [-0.1, -0.05) is 13.8 Å². The third-order valence-corrected chi connectivity index (χ3v) is 5.09. The van der Waals surface area contributed by atoms with Crippen LogP contribution in [0.5, 0.6) is 0 Å². The topological polar surface area (TPSA) is 50.1 Å². The average Bonchev–Trinajstić information content (AvgIpc) is 2.48. The number of hydrogen-bond acceptors (Lipinski definition) is 3. The van der Waals surface area contributed by atoms with Crippen molar-refractivity contribution in [2.45, 2.75) is 71.3 Å². The van der Waals surface area contributed by atoms with Gasteiger partial charge in [-0.15, -0.1) is 0 Å². The third-order valence-electron chi connectivity index (χ3n) is 5.09. The van der Waals surface area contributed by atoms with Crippen LogP contribution >= 0.6 is 0 Å². The second kappa shape index (κ2) is 7.11. The Bertz CT molecular complexity index is 356. The zero-order valence-electron chi connectivity index (χ0n) is 12.8. The van der Waals surface area contributed by atoms with Gasteiger partial charge in [0, 0.05) is 5.92 Å². The summed E-state index contributed by atoms with van der Waals surface area (Å²) < 4.78 is 5.54. The van der Waals surface area contributed by atoms with Gasteiger partial charge in [0.25, 0.3) is 0 Å². The smallest absolute Gasteiger partial charge is 0.308 e. The minimum Gasteiger partial charge on any atom is -0.462 e. The molecule has 0 amide bonds. The fourth-order valence-electron chi connectivity index (χ4n) is 3.70.